The van der Waals surface area contributed by atoms with E-state index < -0.39 is 0 Å². The number of methoxy groups -OCH3 is 1. The second-order valence-electron chi connectivity index (χ2n) is 5.70. The third-order valence-electron chi connectivity index (χ3n) is 3.91. The van der Waals surface area contributed by atoms with Crippen LogP contribution in [0, 0.1) is 0 Å². The molecule has 2 N–H and O–H groups in total. The molecule has 1 fully saturated rings. The van der Waals surface area contributed by atoms with Gasteiger partial charge in [-0.1, -0.05) is 25.0 Å². The van der Waals surface area contributed by atoms with Crippen molar-refractivity contribution in [2.24, 2.45) is 0 Å². The smallest absolute Gasteiger partial charge is 0.244 e. The van der Waals surface area contributed by atoms with E-state index in [2.05, 4.69) is 10.6 Å². The van der Waals surface area contributed by atoms with Crippen molar-refractivity contribution in [3.63, 3.8) is 0 Å². The third-order valence-corrected chi connectivity index (χ3v) is 3.91. The maximum Gasteiger partial charge on any atom is 0.244 e. The van der Waals surface area contributed by atoms with E-state index in [4.69, 9.17) is 4.74 Å². The lowest BCUT2D eigenvalue weighted by atomic mass is 10.2. The lowest BCUT2D eigenvalue weighted by Gasteiger charge is -2.11. The van der Waals surface area contributed by atoms with E-state index in [0.717, 1.165) is 24.2 Å². The van der Waals surface area contributed by atoms with Crippen molar-refractivity contribution in [1.82, 2.24) is 10.6 Å². The molecule has 0 radical (unpaired) electrons. The molecule has 0 aliphatic heterocycles. The molecule has 0 saturated heterocycles. The van der Waals surface area contributed by atoms with E-state index in [0.29, 0.717) is 19.0 Å². The van der Waals surface area contributed by atoms with Crippen LogP contribution in [0.15, 0.2) is 30.3 Å². The zero-order chi connectivity index (χ0) is 16.5. The van der Waals surface area contributed by atoms with E-state index in [9.17, 15) is 9.59 Å². The summed E-state index contributed by atoms with van der Waals surface area (Å²) in [7, 11) is 1.61. The van der Waals surface area contributed by atoms with Crippen LogP contribution < -0.4 is 15.4 Å². The number of amides is 2. The highest BCUT2D eigenvalue weighted by molar-refractivity contribution is 5.92. The lowest BCUT2D eigenvalue weighted by molar-refractivity contribution is -0.121. The minimum absolute atomic E-state index is 0.0105. The van der Waals surface area contributed by atoms with Crippen LogP contribution in [0.1, 0.15) is 37.7 Å². The normalized spacial score (nSPS) is 14.8. The number of hydrogen-bond acceptors (Lipinski definition) is 3. The molecule has 1 saturated carbocycles. The van der Waals surface area contributed by atoms with Crippen molar-refractivity contribution in [3.05, 3.63) is 35.9 Å². The second-order valence-corrected chi connectivity index (χ2v) is 5.70. The summed E-state index contributed by atoms with van der Waals surface area (Å²) in [5.74, 6) is 0.589. The van der Waals surface area contributed by atoms with Crippen LogP contribution >= 0.6 is 0 Å². The fraction of sp³-hybridized carbons (Fsp3) is 0.444. The summed E-state index contributed by atoms with van der Waals surface area (Å²) >= 11 is 0. The lowest BCUT2D eigenvalue weighted by Crippen LogP contribution is -2.35. The quantitative estimate of drug-likeness (QED) is 0.758. The van der Waals surface area contributed by atoms with Gasteiger partial charge in [-0.15, -0.1) is 0 Å². The summed E-state index contributed by atoms with van der Waals surface area (Å²) < 4.78 is 5.08. The van der Waals surface area contributed by atoms with Gasteiger partial charge in [0.1, 0.15) is 5.75 Å². The molecule has 2 rings (SSSR count). The molecule has 0 unspecified atom stereocenters. The molecule has 1 aliphatic rings. The maximum absolute atomic E-state index is 11.7. The average molecular weight is 316 g/mol. The Morgan fingerprint density at radius 1 is 1.22 bits per heavy atom. The Morgan fingerprint density at radius 2 is 1.91 bits per heavy atom. The Morgan fingerprint density at radius 3 is 2.57 bits per heavy atom. The van der Waals surface area contributed by atoms with Crippen LogP contribution in [0.5, 0.6) is 5.75 Å². The number of benzene rings is 1. The SMILES string of the molecule is COc1ccc(/C=C/C(=O)NCCC(=O)NC2CCCC2)cc1. The molecule has 1 aromatic carbocycles. The standard InChI is InChI=1S/C18H24N2O3/c1-23-16-9-6-14(7-10-16)8-11-17(21)19-13-12-18(22)20-15-4-2-3-5-15/h6-11,15H,2-5,12-13H2,1H3,(H,19,21)(H,20,22)/b11-8+. The predicted molar refractivity (Wildman–Crippen MR) is 90.1 cm³/mol. The van der Waals surface area contributed by atoms with E-state index in [1.165, 1.54) is 18.9 Å². The number of rotatable bonds is 7. The highest BCUT2D eigenvalue weighted by atomic mass is 16.5. The summed E-state index contributed by atoms with van der Waals surface area (Å²) in [6.07, 6.45) is 8.05. The Hall–Kier alpha value is -2.30. The highest BCUT2D eigenvalue weighted by Crippen LogP contribution is 2.17. The van der Waals surface area contributed by atoms with Crippen molar-refractivity contribution in [1.29, 1.82) is 0 Å². The minimum Gasteiger partial charge on any atom is -0.497 e. The molecule has 1 aliphatic carbocycles. The van der Waals surface area contributed by atoms with Gasteiger partial charge >= 0.3 is 0 Å². The molecular weight excluding hydrogens is 292 g/mol. The van der Waals surface area contributed by atoms with Gasteiger partial charge in [0.2, 0.25) is 11.8 Å². The van der Waals surface area contributed by atoms with E-state index in [-0.39, 0.29) is 11.8 Å². The van der Waals surface area contributed by atoms with Crippen LogP contribution in [0.4, 0.5) is 0 Å². The molecular formula is C18H24N2O3. The third kappa shape index (κ3) is 6.14. The summed E-state index contributed by atoms with van der Waals surface area (Å²) in [6.45, 7) is 0.352. The molecule has 23 heavy (non-hydrogen) atoms. The predicted octanol–water partition coefficient (Wildman–Crippen LogP) is 2.27. The molecule has 0 spiro atoms. The summed E-state index contributed by atoms with van der Waals surface area (Å²) in [5, 5.41) is 5.72. The Labute approximate surface area is 137 Å². The van der Waals surface area contributed by atoms with Gasteiger partial charge in [-0.2, -0.15) is 0 Å². The molecule has 0 heterocycles. The van der Waals surface area contributed by atoms with Gasteiger partial charge in [0.05, 0.1) is 7.11 Å². The maximum atomic E-state index is 11.7. The fourth-order valence-corrected chi connectivity index (χ4v) is 2.62. The van der Waals surface area contributed by atoms with Crippen LogP contribution in [0.25, 0.3) is 6.08 Å². The first-order valence-corrected chi connectivity index (χ1v) is 8.06. The minimum atomic E-state index is -0.200. The van der Waals surface area contributed by atoms with Gasteiger partial charge < -0.3 is 15.4 Å². The molecule has 0 bridgehead atoms. The van der Waals surface area contributed by atoms with Crippen molar-refractivity contribution in [2.45, 2.75) is 38.1 Å². The van der Waals surface area contributed by atoms with Gasteiger partial charge in [0.15, 0.2) is 0 Å². The van der Waals surface area contributed by atoms with Gasteiger partial charge in [0, 0.05) is 25.1 Å². The molecule has 0 atom stereocenters. The molecule has 5 nitrogen and oxygen atoms in total. The summed E-state index contributed by atoms with van der Waals surface area (Å²) in [5.41, 5.74) is 0.917. The molecule has 1 aromatic rings. The van der Waals surface area contributed by atoms with Gasteiger partial charge in [0.25, 0.3) is 0 Å². The van der Waals surface area contributed by atoms with Crippen LogP contribution in [-0.2, 0) is 9.59 Å². The van der Waals surface area contributed by atoms with Gasteiger partial charge in [-0.3, -0.25) is 9.59 Å². The average Bonchev–Trinajstić information content (AvgIpc) is 3.06. The summed E-state index contributed by atoms with van der Waals surface area (Å²) in [6, 6.07) is 7.75. The largest absolute Gasteiger partial charge is 0.497 e. The van der Waals surface area contributed by atoms with Crippen molar-refractivity contribution in [2.75, 3.05) is 13.7 Å². The molecule has 0 aromatic heterocycles. The van der Waals surface area contributed by atoms with E-state index >= 15 is 0 Å². The monoisotopic (exact) mass is 316 g/mol. The first-order valence-electron chi connectivity index (χ1n) is 8.06. The van der Waals surface area contributed by atoms with Crippen LogP contribution in [-0.4, -0.2) is 31.5 Å². The molecule has 2 amide bonds. The van der Waals surface area contributed by atoms with Crippen molar-refractivity contribution in [3.8, 4) is 5.75 Å². The summed E-state index contributed by atoms with van der Waals surface area (Å²) in [4.78, 5) is 23.4. The number of hydrogen-bond donors (Lipinski definition) is 2. The Balaban J connectivity index is 1.65. The molecule has 5 heteroatoms. The fourth-order valence-electron chi connectivity index (χ4n) is 2.62. The topological polar surface area (TPSA) is 67.4 Å². The van der Waals surface area contributed by atoms with Crippen LogP contribution in [0.3, 0.4) is 0 Å². The second kappa shape index (κ2) is 8.98. The Kier molecular flexibility index (Phi) is 6.66. The van der Waals surface area contributed by atoms with Gasteiger partial charge in [-0.05, 0) is 36.6 Å². The van der Waals surface area contributed by atoms with E-state index in [1.54, 1.807) is 13.2 Å². The van der Waals surface area contributed by atoms with Gasteiger partial charge in [-0.25, -0.2) is 0 Å². The van der Waals surface area contributed by atoms with Crippen molar-refractivity contribution >= 4 is 17.9 Å². The van der Waals surface area contributed by atoms with Crippen molar-refractivity contribution < 1.29 is 14.3 Å². The number of carbonyl (C=O) groups is 2. The van der Waals surface area contributed by atoms with Crippen LogP contribution in [0.2, 0.25) is 0 Å². The Bertz CT molecular complexity index is 546. The first kappa shape index (κ1) is 17.1. The first-order chi connectivity index (χ1) is 11.2. The highest BCUT2D eigenvalue weighted by Gasteiger charge is 2.16. The zero-order valence-corrected chi connectivity index (χ0v) is 13.5. The number of ether oxygens (including phenoxy) is 1. The number of carbonyl (C=O) groups excluding carboxylic acids is 2. The van der Waals surface area contributed by atoms with E-state index in [1.807, 2.05) is 24.3 Å². The zero-order valence-electron chi connectivity index (χ0n) is 13.5. The number of nitrogens with one attached hydrogen (secondary N) is 2. The molecule has 124 valence electrons.